The Hall–Kier alpha value is -2.81. The Bertz CT molecular complexity index is 1010. The molecule has 6 nitrogen and oxygen atoms in total. The highest BCUT2D eigenvalue weighted by atomic mass is 19.4. The average Bonchev–Trinajstić information content (AvgIpc) is 3.03. The van der Waals surface area contributed by atoms with Crippen molar-refractivity contribution in [1.82, 2.24) is 29.9 Å². The molecule has 0 saturated carbocycles. The third-order valence-electron chi connectivity index (χ3n) is 4.38. The Morgan fingerprint density at radius 2 is 2.11 bits per heavy atom. The molecule has 4 heterocycles. The molecule has 0 saturated heterocycles. The van der Waals surface area contributed by atoms with Gasteiger partial charge in [0.25, 0.3) is 0 Å². The maximum atomic E-state index is 12.5. The van der Waals surface area contributed by atoms with E-state index < -0.39 is 12.6 Å². The molecule has 1 aliphatic heterocycles. The van der Waals surface area contributed by atoms with Crippen molar-refractivity contribution in [2.24, 2.45) is 0 Å². The lowest BCUT2D eigenvalue weighted by molar-refractivity contribution is -0.134. The summed E-state index contributed by atoms with van der Waals surface area (Å²) in [6.07, 6.45) is 1.66. The number of hydrogen-bond acceptors (Lipinski definition) is 5. The van der Waals surface area contributed by atoms with Gasteiger partial charge in [-0.25, -0.2) is 19.5 Å². The summed E-state index contributed by atoms with van der Waals surface area (Å²) in [6, 6.07) is 3.78. The van der Waals surface area contributed by atoms with Crippen LogP contribution < -0.4 is 5.32 Å². The van der Waals surface area contributed by atoms with Gasteiger partial charge in [-0.3, -0.25) is 0 Å². The van der Waals surface area contributed by atoms with E-state index in [0.29, 0.717) is 12.2 Å². The molecule has 0 aliphatic carbocycles. The van der Waals surface area contributed by atoms with E-state index in [1.54, 1.807) is 23.1 Å². The molecular formula is C18H17F3N6. The van der Waals surface area contributed by atoms with Gasteiger partial charge in [-0.2, -0.15) is 18.3 Å². The first-order valence-electron chi connectivity index (χ1n) is 8.57. The molecule has 9 heteroatoms. The summed E-state index contributed by atoms with van der Waals surface area (Å²) in [6.45, 7) is 2.45. The second-order valence-corrected chi connectivity index (χ2v) is 6.46. The van der Waals surface area contributed by atoms with Crippen molar-refractivity contribution in [1.29, 1.82) is 0 Å². The molecule has 0 radical (unpaired) electrons. The number of rotatable bonds is 3. The minimum atomic E-state index is -4.22. The van der Waals surface area contributed by atoms with Gasteiger partial charge in [0.05, 0.1) is 17.8 Å². The second-order valence-electron chi connectivity index (χ2n) is 6.46. The Kier molecular flexibility index (Phi) is 4.39. The zero-order chi connectivity index (χ0) is 19.0. The monoisotopic (exact) mass is 374 g/mol. The fourth-order valence-corrected chi connectivity index (χ4v) is 3.03. The Labute approximate surface area is 153 Å². The van der Waals surface area contributed by atoms with E-state index in [1.807, 2.05) is 25.1 Å². The van der Waals surface area contributed by atoms with Crippen LogP contribution in [-0.2, 0) is 13.0 Å². The van der Waals surface area contributed by atoms with E-state index >= 15 is 0 Å². The van der Waals surface area contributed by atoms with E-state index in [-0.39, 0.29) is 18.3 Å². The van der Waals surface area contributed by atoms with Crippen LogP contribution in [0.5, 0.6) is 0 Å². The van der Waals surface area contributed by atoms with Gasteiger partial charge < -0.3 is 5.32 Å². The average molecular weight is 374 g/mol. The van der Waals surface area contributed by atoms with Gasteiger partial charge >= 0.3 is 6.18 Å². The molecule has 0 unspecified atom stereocenters. The van der Waals surface area contributed by atoms with Crippen molar-refractivity contribution in [3.63, 3.8) is 0 Å². The van der Waals surface area contributed by atoms with Crippen LogP contribution in [0.1, 0.15) is 36.1 Å². The molecule has 1 aliphatic rings. The quantitative estimate of drug-likeness (QED) is 0.764. The predicted octanol–water partition coefficient (Wildman–Crippen LogP) is 2.94. The van der Waals surface area contributed by atoms with E-state index in [0.717, 1.165) is 22.5 Å². The number of nitrogens with zero attached hydrogens (tertiary/aromatic N) is 5. The summed E-state index contributed by atoms with van der Waals surface area (Å²) in [4.78, 5) is 12.7. The van der Waals surface area contributed by atoms with Gasteiger partial charge in [0.15, 0.2) is 5.65 Å². The molecular weight excluding hydrogens is 357 g/mol. The standard InChI is InChI=1S/C18H17F3N6/c1-11-8-12(14-2-3-17-22-6-7-27(17)26-14)13-9-24-16(4-5-18(19,20)21)25-15(13)10-23-11/h2-3,6-9,11,23H,4-5,10H2,1H3/t11-/m1/s1. The smallest absolute Gasteiger partial charge is 0.305 e. The van der Waals surface area contributed by atoms with Crippen LogP contribution in [0.15, 0.2) is 36.8 Å². The zero-order valence-corrected chi connectivity index (χ0v) is 14.5. The van der Waals surface area contributed by atoms with Crippen LogP contribution in [0.2, 0.25) is 0 Å². The first kappa shape index (κ1) is 17.6. The van der Waals surface area contributed by atoms with Crippen LogP contribution in [0.4, 0.5) is 13.2 Å². The van der Waals surface area contributed by atoms with Crippen molar-refractivity contribution >= 4 is 11.2 Å². The lowest BCUT2D eigenvalue weighted by atomic mass is 10.0. The largest absolute Gasteiger partial charge is 0.389 e. The van der Waals surface area contributed by atoms with Crippen LogP contribution in [0.3, 0.4) is 0 Å². The molecule has 1 atom stereocenters. The topological polar surface area (TPSA) is 68.0 Å². The van der Waals surface area contributed by atoms with E-state index in [2.05, 4.69) is 25.4 Å². The highest BCUT2D eigenvalue weighted by Gasteiger charge is 2.27. The maximum absolute atomic E-state index is 12.5. The summed E-state index contributed by atoms with van der Waals surface area (Å²) in [7, 11) is 0. The molecule has 4 rings (SSSR count). The van der Waals surface area contributed by atoms with Gasteiger partial charge in [0.2, 0.25) is 0 Å². The van der Waals surface area contributed by atoms with Gasteiger partial charge in [-0.05, 0) is 19.1 Å². The predicted molar refractivity (Wildman–Crippen MR) is 92.8 cm³/mol. The summed E-state index contributed by atoms with van der Waals surface area (Å²) in [5.74, 6) is 0.194. The fraction of sp³-hybridized carbons (Fsp3) is 0.333. The summed E-state index contributed by atoms with van der Waals surface area (Å²) < 4.78 is 39.1. The van der Waals surface area contributed by atoms with E-state index in [4.69, 9.17) is 0 Å². The fourth-order valence-electron chi connectivity index (χ4n) is 3.03. The van der Waals surface area contributed by atoms with Crippen molar-refractivity contribution < 1.29 is 13.2 Å². The van der Waals surface area contributed by atoms with Crippen LogP contribution in [0, 0.1) is 0 Å². The Morgan fingerprint density at radius 3 is 2.93 bits per heavy atom. The lowest BCUT2D eigenvalue weighted by Gasteiger charge is -2.11. The molecule has 3 aromatic heterocycles. The van der Waals surface area contributed by atoms with E-state index in [1.165, 1.54) is 0 Å². The second kappa shape index (κ2) is 6.73. The number of alkyl halides is 3. The molecule has 3 aromatic rings. The number of halogens is 3. The number of aromatic nitrogens is 5. The maximum Gasteiger partial charge on any atom is 0.389 e. The zero-order valence-electron chi connectivity index (χ0n) is 14.5. The summed E-state index contributed by atoms with van der Waals surface area (Å²) in [5, 5.41) is 7.88. The molecule has 0 bridgehead atoms. The van der Waals surface area contributed by atoms with Crippen LogP contribution in [0.25, 0.3) is 11.2 Å². The van der Waals surface area contributed by atoms with Crippen molar-refractivity contribution in [2.75, 3.05) is 0 Å². The van der Waals surface area contributed by atoms with Crippen LogP contribution in [-0.4, -0.2) is 36.8 Å². The number of fused-ring (bicyclic) bond motifs is 2. The van der Waals surface area contributed by atoms with E-state index in [9.17, 15) is 13.2 Å². The van der Waals surface area contributed by atoms with Gasteiger partial charge in [-0.1, -0.05) is 6.08 Å². The summed E-state index contributed by atoms with van der Waals surface area (Å²) >= 11 is 0. The molecule has 0 fully saturated rings. The SMILES string of the molecule is C[C@@H]1C=C(c2ccc3nccn3n2)c2cnc(CCC(F)(F)F)nc2CN1. The molecule has 0 amide bonds. The first-order valence-corrected chi connectivity index (χ1v) is 8.57. The van der Waals surface area contributed by atoms with Gasteiger partial charge in [-0.15, -0.1) is 0 Å². The molecule has 1 N–H and O–H groups in total. The number of hydrogen-bond donors (Lipinski definition) is 1. The molecule has 27 heavy (non-hydrogen) atoms. The highest BCUT2D eigenvalue weighted by Crippen LogP contribution is 2.28. The van der Waals surface area contributed by atoms with Gasteiger partial charge in [0, 0.05) is 48.7 Å². The Balaban J connectivity index is 1.72. The number of imidazole rings is 1. The third-order valence-corrected chi connectivity index (χ3v) is 4.38. The lowest BCUT2D eigenvalue weighted by Crippen LogP contribution is -2.23. The first-order chi connectivity index (χ1) is 12.9. The number of aryl methyl sites for hydroxylation is 1. The molecule has 140 valence electrons. The van der Waals surface area contributed by atoms with Crippen molar-refractivity contribution in [3.8, 4) is 0 Å². The normalized spacial score (nSPS) is 17.5. The van der Waals surface area contributed by atoms with Crippen molar-refractivity contribution in [3.05, 3.63) is 59.6 Å². The third kappa shape index (κ3) is 3.82. The minimum absolute atomic E-state index is 0.0492. The molecule has 0 spiro atoms. The van der Waals surface area contributed by atoms with Gasteiger partial charge in [0.1, 0.15) is 5.82 Å². The highest BCUT2D eigenvalue weighted by molar-refractivity contribution is 5.79. The molecule has 0 aromatic carbocycles. The minimum Gasteiger partial charge on any atom is -0.305 e. The Morgan fingerprint density at radius 1 is 1.26 bits per heavy atom. The number of nitrogens with one attached hydrogen (secondary N) is 1. The van der Waals surface area contributed by atoms with Crippen molar-refractivity contribution in [2.45, 2.75) is 38.5 Å². The van der Waals surface area contributed by atoms with Crippen LogP contribution >= 0.6 is 0 Å². The summed E-state index contributed by atoms with van der Waals surface area (Å²) in [5.41, 5.74) is 3.75.